The van der Waals surface area contributed by atoms with Gasteiger partial charge in [-0.2, -0.15) is 11.8 Å². The maximum atomic E-state index is 13.2. The minimum Gasteiger partial charge on any atom is -0.508 e. The number of phenols is 1. The summed E-state index contributed by atoms with van der Waals surface area (Å²) >= 11 is 1.97. The average molecular weight is 378 g/mol. The fourth-order valence-electron chi connectivity index (χ4n) is 3.82. The van der Waals surface area contributed by atoms with E-state index in [1.807, 2.05) is 60.1 Å². The van der Waals surface area contributed by atoms with Crippen LogP contribution in [0, 0.1) is 0 Å². The van der Waals surface area contributed by atoms with Gasteiger partial charge in [0, 0.05) is 18.7 Å². The molecule has 1 fully saturated rings. The van der Waals surface area contributed by atoms with Crippen LogP contribution in [0.1, 0.15) is 23.2 Å². The monoisotopic (exact) mass is 377 g/mol. The Morgan fingerprint density at radius 2 is 1.63 bits per heavy atom. The Kier molecular flexibility index (Phi) is 5.08. The van der Waals surface area contributed by atoms with Gasteiger partial charge in [0.2, 0.25) is 0 Å². The first-order valence-electron chi connectivity index (χ1n) is 9.31. The van der Waals surface area contributed by atoms with E-state index in [4.69, 9.17) is 0 Å². The van der Waals surface area contributed by atoms with Crippen molar-refractivity contribution in [3.05, 3.63) is 66.2 Å². The molecular formula is C23H23NO2S. The van der Waals surface area contributed by atoms with Crippen LogP contribution in [0.4, 0.5) is 0 Å². The minimum absolute atomic E-state index is 0.0976. The fraction of sp³-hybridized carbons (Fsp3) is 0.261. The molecule has 4 rings (SSSR count). The third kappa shape index (κ3) is 3.54. The van der Waals surface area contributed by atoms with Gasteiger partial charge < -0.3 is 10.0 Å². The second-order valence-corrected chi connectivity index (χ2v) is 8.24. The Balaban J connectivity index is 1.75. The first-order chi connectivity index (χ1) is 13.1. The Morgan fingerprint density at radius 1 is 0.963 bits per heavy atom. The van der Waals surface area contributed by atoms with Gasteiger partial charge in [0.05, 0.1) is 0 Å². The highest BCUT2D eigenvalue weighted by molar-refractivity contribution is 7.99. The topological polar surface area (TPSA) is 40.5 Å². The third-order valence-electron chi connectivity index (χ3n) is 5.39. The molecule has 1 amide bonds. The summed E-state index contributed by atoms with van der Waals surface area (Å²) < 4.78 is 0. The van der Waals surface area contributed by atoms with Crippen molar-refractivity contribution >= 4 is 28.4 Å². The standard InChI is InChI=1S/C23H23NO2S/c1-24(17-12-14-27-15-13-17)23(26)22-7-3-5-20-19(4-2-6-21(20)22)16-8-10-18(25)11-9-16/h2-11,17,25H,12-15H2,1H3. The third-order valence-corrected chi connectivity index (χ3v) is 6.44. The van der Waals surface area contributed by atoms with E-state index in [9.17, 15) is 9.90 Å². The molecule has 0 atom stereocenters. The number of thioether (sulfide) groups is 1. The molecule has 3 aromatic rings. The molecule has 3 aromatic carbocycles. The molecule has 0 aromatic heterocycles. The van der Waals surface area contributed by atoms with Crippen molar-refractivity contribution in [3.63, 3.8) is 0 Å². The summed E-state index contributed by atoms with van der Waals surface area (Å²) in [7, 11) is 1.94. The Labute approximate surface area is 164 Å². The molecule has 0 radical (unpaired) electrons. The van der Waals surface area contributed by atoms with Gasteiger partial charge in [0.1, 0.15) is 5.75 Å². The number of benzene rings is 3. The van der Waals surface area contributed by atoms with Gasteiger partial charge in [0.15, 0.2) is 0 Å². The van der Waals surface area contributed by atoms with Gasteiger partial charge in [-0.05, 0) is 64.4 Å². The maximum absolute atomic E-state index is 13.2. The van der Waals surface area contributed by atoms with E-state index in [0.29, 0.717) is 6.04 Å². The highest BCUT2D eigenvalue weighted by Crippen LogP contribution is 2.32. The van der Waals surface area contributed by atoms with E-state index in [-0.39, 0.29) is 11.7 Å². The normalized spacial score (nSPS) is 15.0. The summed E-state index contributed by atoms with van der Waals surface area (Å²) in [6.45, 7) is 0. The van der Waals surface area contributed by atoms with Crippen LogP contribution in [0.5, 0.6) is 5.75 Å². The van der Waals surface area contributed by atoms with Crippen molar-refractivity contribution in [3.8, 4) is 16.9 Å². The van der Waals surface area contributed by atoms with Gasteiger partial charge in [0.25, 0.3) is 5.91 Å². The second-order valence-electron chi connectivity index (χ2n) is 7.01. The van der Waals surface area contributed by atoms with Gasteiger partial charge in [-0.1, -0.05) is 42.5 Å². The molecule has 1 aliphatic heterocycles. The highest BCUT2D eigenvalue weighted by atomic mass is 32.2. The summed E-state index contributed by atoms with van der Waals surface area (Å²) in [4.78, 5) is 15.2. The van der Waals surface area contributed by atoms with Gasteiger partial charge in [-0.25, -0.2) is 0 Å². The molecule has 0 spiro atoms. The molecule has 4 heteroatoms. The molecule has 0 unspecified atom stereocenters. The number of fused-ring (bicyclic) bond motifs is 1. The van der Waals surface area contributed by atoms with Crippen LogP contribution in [0.25, 0.3) is 21.9 Å². The zero-order valence-electron chi connectivity index (χ0n) is 15.4. The van der Waals surface area contributed by atoms with Gasteiger partial charge in [-0.3, -0.25) is 4.79 Å². The summed E-state index contributed by atoms with van der Waals surface area (Å²) in [5.74, 6) is 2.61. The van der Waals surface area contributed by atoms with Crippen LogP contribution in [0.3, 0.4) is 0 Å². The smallest absolute Gasteiger partial charge is 0.254 e. The van der Waals surface area contributed by atoms with Crippen LogP contribution in [-0.2, 0) is 0 Å². The molecule has 0 bridgehead atoms. The number of hydrogen-bond donors (Lipinski definition) is 1. The van der Waals surface area contributed by atoms with E-state index in [0.717, 1.165) is 51.8 Å². The summed E-state index contributed by atoms with van der Waals surface area (Å²) in [5.41, 5.74) is 2.85. The molecule has 1 heterocycles. The molecule has 1 N–H and O–H groups in total. The van der Waals surface area contributed by atoms with Crippen LogP contribution >= 0.6 is 11.8 Å². The minimum atomic E-state index is 0.0976. The predicted octanol–water partition coefficient (Wildman–Crippen LogP) is 5.18. The second kappa shape index (κ2) is 7.65. The highest BCUT2D eigenvalue weighted by Gasteiger charge is 2.24. The Hall–Kier alpha value is -2.46. The number of aromatic hydroxyl groups is 1. The molecule has 0 saturated carbocycles. The Bertz CT molecular complexity index is 962. The Morgan fingerprint density at radius 3 is 2.37 bits per heavy atom. The predicted molar refractivity (Wildman–Crippen MR) is 113 cm³/mol. The van der Waals surface area contributed by atoms with E-state index in [2.05, 4.69) is 12.1 Å². The lowest BCUT2D eigenvalue weighted by atomic mass is 9.95. The molecular weight excluding hydrogens is 354 g/mol. The lowest BCUT2D eigenvalue weighted by molar-refractivity contribution is 0.0725. The van der Waals surface area contributed by atoms with Crippen LogP contribution in [0.15, 0.2) is 60.7 Å². The number of carbonyl (C=O) groups excluding carboxylic acids is 1. The first kappa shape index (κ1) is 17.9. The number of phenolic OH excluding ortho intramolecular Hbond substituents is 1. The molecule has 138 valence electrons. The van der Waals surface area contributed by atoms with Crippen molar-refractivity contribution in [1.29, 1.82) is 0 Å². The molecule has 27 heavy (non-hydrogen) atoms. The summed E-state index contributed by atoms with van der Waals surface area (Å²) in [6, 6.07) is 19.6. The summed E-state index contributed by atoms with van der Waals surface area (Å²) in [6.07, 6.45) is 2.13. The average Bonchev–Trinajstić information content (AvgIpc) is 2.73. The first-order valence-corrected chi connectivity index (χ1v) is 10.5. The fourth-order valence-corrected chi connectivity index (χ4v) is 4.90. The molecule has 3 nitrogen and oxygen atoms in total. The largest absolute Gasteiger partial charge is 0.508 e. The molecule has 1 saturated heterocycles. The van der Waals surface area contributed by atoms with Crippen molar-refractivity contribution < 1.29 is 9.90 Å². The zero-order chi connectivity index (χ0) is 18.8. The van der Waals surface area contributed by atoms with Crippen molar-refractivity contribution in [2.24, 2.45) is 0 Å². The SMILES string of the molecule is CN(C(=O)c1cccc2c(-c3ccc(O)cc3)cccc12)C1CCSCC1. The molecule has 0 aliphatic carbocycles. The van der Waals surface area contributed by atoms with Crippen LogP contribution in [0.2, 0.25) is 0 Å². The number of carbonyl (C=O) groups is 1. The summed E-state index contributed by atoms with van der Waals surface area (Å²) in [5, 5.41) is 11.6. The number of amides is 1. The van der Waals surface area contributed by atoms with Gasteiger partial charge in [-0.15, -0.1) is 0 Å². The maximum Gasteiger partial charge on any atom is 0.254 e. The number of rotatable bonds is 3. The van der Waals surface area contributed by atoms with E-state index >= 15 is 0 Å². The van der Waals surface area contributed by atoms with E-state index < -0.39 is 0 Å². The van der Waals surface area contributed by atoms with Crippen LogP contribution < -0.4 is 0 Å². The van der Waals surface area contributed by atoms with Crippen molar-refractivity contribution in [2.45, 2.75) is 18.9 Å². The number of hydrogen-bond acceptors (Lipinski definition) is 3. The zero-order valence-corrected chi connectivity index (χ0v) is 16.2. The van der Waals surface area contributed by atoms with Crippen molar-refractivity contribution in [2.75, 3.05) is 18.6 Å². The van der Waals surface area contributed by atoms with E-state index in [1.54, 1.807) is 12.1 Å². The lowest BCUT2D eigenvalue weighted by Crippen LogP contribution is -2.39. The quantitative estimate of drug-likeness (QED) is 0.684. The lowest BCUT2D eigenvalue weighted by Gasteiger charge is -2.31. The van der Waals surface area contributed by atoms with Crippen LogP contribution in [-0.4, -0.2) is 40.5 Å². The van der Waals surface area contributed by atoms with Crippen molar-refractivity contribution in [1.82, 2.24) is 4.90 Å². The van der Waals surface area contributed by atoms with E-state index in [1.165, 1.54) is 0 Å². The number of nitrogens with zero attached hydrogens (tertiary/aromatic N) is 1. The van der Waals surface area contributed by atoms with Gasteiger partial charge >= 0.3 is 0 Å². The molecule has 1 aliphatic rings.